The van der Waals surface area contributed by atoms with Crippen LogP contribution in [0, 0.1) is 0 Å². The fourth-order valence-corrected chi connectivity index (χ4v) is 4.21. The van der Waals surface area contributed by atoms with Gasteiger partial charge >= 0.3 is 12.3 Å². The summed E-state index contributed by atoms with van der Waals surface area (Å²) in [5.41, 5.74) is 1.57. The van der Waals surface area contributed by atoms with E-state index in [4.69, 9.17) is 40.7 Å². The van der Waals surface area contributed by atoms with Gasteiger partial charge in [-0.25, -0.2) is 9.97 Å². The molecule has 0 saturated carbocycles. The molecule has 1 aromatic carbocycles. The van der Waals surface area contributed by atoms with E-state index < -0.39 is 0 Å². The van der Waals surface area contributed by atoms with Crippen molar-refractivity contribution in [2.75, 3.05) is 38.1 Å². The normalized spacial score (nSPS) is 13.7. The third kappa shape index (κ3) is 7.55. The summed E-state index contributed by atoms with van der Waals surface area (Å²) in [4.78, 5) is 59.0. The van der Waals surface area contributed by atoms with Gasteiger partial charge in [-0.1, -0.05) is 25.4 Å². The topological polar surface area (TPSA) is 118 Å². The number of likely N-dealkylation sites (N-methyl/N-ethyl adjacent to an activating group) is 1. The van der Waals surface area contributed by atoms with E-state index in [0.29, 0.717) is 11.4 Å². The molecule has 2 aromatic rings. The summed E-state index contributed by atoms with van der Waals surface area (Å²) in [6.45, 7) is 9.76. The number of hydrogen-bond donors (Lipinski definition) is 0. The van der Waals surface area contributed by atoms with Crippen LogP contribution >= 0.6 is 11.6 Å². The predicted octanol–water partition coefficient (Wildman–Crippen LogP) is 2.90. The maximum atomic E-state index is 12.1. The number of carbonyl (C=O) groups excluding carboxylic acids is 5. The Balaban J connectivity index is 0.000000819. The van der Waals surface area contributed by atoms with Crippen LogP contribution in [0.1, 0.15) is 45.7 Å². The first-order valence-corrected chi connectivity index (χ1v) is 11.0. The highest BCUT2D eigenvalue weighted by molar-refractivity contribution is 6.31. The zero-order chi connectivity index (χ0) is 25.0. The lowest BCUT2D eigenvalue weighted by Gasteiger charge is -2.35. The minimum Gasteiger partial charge on any atom is -0.338 e. The second kappa shape index (κ2) is 13.6. The summed E-state index contributed by atoms with van der Waals surface area (Å²) >= 11 is 6.30. The molecule has 1 aliphatic rings. The fourth-order valence-electron chi connectivity index (χ4n) is 4.04. The molecular formula is C23H29ClN4O5. The van der Waals surface area contributed by atoms with Gasteiger partial charge in [-0.2, -0.15) is 19.2 Å². The third-order valence-corrected chi connectivity index (χ3v) is 6.11. The molecule has 0 unspecified atom stereocenters. The van der Waals surface area contributed by atoms with Crippen LogP contribution in [0.15, 0.2) is 18.2 Å². The van der Waals surface area contributed by atoms with Crippen LogP contribution in [0.4, 0.5) is 5.95 Å². The van der Waals surface area contributed by atoms with Gasteiger partial charge < -0.3 is 9.80 Å². The largest absolute Gasteiger partial charge is 0.373 e. The molecule has 0 atom stereocenters. The van der Waals surface area contributed by atoms with Gasteiger partial charge in [0.1, 0.15) is 5.78 Å². The Morgan fingerprint density at radius 1 is 1.03 bits per heavy atom. The van der Waals surface area contributed by atoms with Crippen molar-refractivity contribution in [1.29, 1.82) is 0 Å². The number of rotatable bonds is 6. The lowest BCUT2D eigenvalue weighted by Crippen LogP contribution is -2.45. The monoisotopic (exact) mass is 476 g/mol. The van der Waals surface area contributed by atoms with Gasteiger partial charge in [0.05, 0.1) is 11.2 Å². The van der Waals surface area contributed by atoms with Gasteiger partial charge in [-0.3, -0.25) is 4.79 Å². The maximum Gasteiger partial charge on any atom is 0.373 e. The molecule has 178 valence electrons. The number of carbonyl (C=O) groups is 1. The first-order valence-electron chi connectivity index (χ1n) is 10.6. The smallest absolute Gasteiger partial charge is 0.338 e. The van der Waals surface area contributed by atoms with E-state index in [1.54, 1.807) is 6.92 Å². The highest BCUT2D eigenvalue weighted by Gasteiger charge is 2.34. The minimum atomic E-state index is -0.293. The van der Waals surface area contributed by atoms with Crippen LogP contribution in [-0.4, -0.2) is 66.2 Å². The van der Waals surface area contributed by atoms with Gasteiger partial charge in [0, 0.05) is 48.4 Å². The molecule has 0 spiro atoms. The van der Waals surface area contributed by atoms with Crippen molar-refractivity contribution in [2.45, 2.75) is 45.4 Å². The van der Waals surface area contributed by atoms with Crippen LogP contribution < -0.4 is 4.90 Å². The van der Waals surface area contributed by atoms with Crippen molar-refractivity contribution < 1.29 is 24.0 Å². The quantitative estimate of drug-likeness (QED) is 0.619. The molecule has 1 aromatic heterocycles. The molecule has 1 saturated heterocycles. The molecule has 0 N–H and O–H groups in total. The van der Waals surface area contributed by atoms with E-state index in [0.717, 1.165) is 61.6 Å². The highest BCUT2D eigenvalue weighted by Crippen LogP contribution is 2.39. The number of ketones is 1. The highest BCUT2D eigenvalue weighted by atomic mass is 35.5. The zero-order valence-corrected chi connectivity index (χ0v) is 20.1. The second-order valence-corrected chi connectivity index (χ2v) is 8.29. The Morgan fingerprint density at radius 3 is 2.06 bits per heavy atom. The van der Waals surface area contributed by atoms with Crippen LogP contribution in [0.3, 0.4) is 0 Å². The summed E-state index contributed by atoms with van der Waals surface area (Å²) in [5.74, 6) is 0.955. The van der Waals surface area contributed by atoms with Crippen LogP contribution in [-0.2, 0) is 29.4 Å². The van der Waals surface area contributed by atoms with E-state index in [2.05, 4.69) is 30.7 Å². The molecule has 33 heavy (non-hydrogen) atoms. The third-order valence-electron chi connectivity index (χ3n) is 5.88. The predicted molar refractivity (Wildman–Crippen MR) is 122 cm³/mol. The van der Waals surface area contributed by atoms with Gasteiger partial charge in [0.25, 0.3) is 0 Å². The van der Waals surface area contributed by atoms with E-state index in [1.165, 1.54) is 0 Å². The lowest BCUT2D eigenvalue weighted by molar-refractivity contribution is -0.193. The first kappa shape index (κ1) is 28.1. The van der Waals surface area contributed by atoms with Crippen LogP contribution in [0.5, 0.6) is 0 Å². The number of hydrogen-bond acceptors (Lipinski definition) is 9. The second-order valence-electron chi connectivity index (χ2n) is 7.86. The fraction of sp³-hybridized carbons (Fsp3) is 0.522. The molecule has 1 aliphatic heterocycles. The van der Waals surface area contributed by atoms with Gasteiger partial charge in [-0.05, 0) is 45.0 Å². The van der Waals surface area contributed by atoms with Crippen LogP contribution in [0.2, 0.25) is 5.02 Å². The van der Waals surface area contributed by atoms with Gasteiger partial charge in [-0.15, -0.1) is 0 Å². The average molecular weight is 477 g/mol. The van der Waals surface area contributed by atoms with E-state index in [-0.39, 0.29) is 23.5 Å². The van der Waals surface area contributed by atoms with Crippen molar-refractivity contribution in [3.05, 3.63) is 28.9 Å². The zero-order valence-electron chi connectivity index (χ0n) is 19.4. The van der Waals surface area contributed by atoms with Crippen molar-refractivity contribution >= 4 is 46.5 Å². The maximum absolute atomic E-state index is 12.1. The van der Waals surface area contributed by atoms with Crippen molar-refractivity contribution in [3.63, 3.8) is 0 Å². The summed E-state index contributed by atoms with van der Waals surface area (Å²) < 4.78 is 0. The summed E-state index contributed by atoms with van der Waals surface area (Å²) in [6, 6.07) is 5.78. The van der Waals surface area contributed by atoms with Crippen LogP contribution in [0.25, 0.3) is 10.9 Å². The molecule has 10 heteroatoms. The number of fused-ring (bicyclic) bond motifs is 1. The molecule has 0 aliphatic carbocycles. The summed E-state index contributed by atoms with van der Waals surface area (Å²) in [7, 11) is 2.14. The molecule has 3 rings (SSSR count). The number of nitrogens with zero attached hydrogens (tertiary/aromatic N) is 4. The first-order chi connectivity index (χ1) is 15.7. The number of Topliss-reactive ketones (excluding diaryl/α,β-unsaturated/α-hetero) is 1. The number of anilines is 1. The average Bonchev–Trinajstić information content (AvgIpc) is 2.78. The Kier molecular flexibility index (Phi) is 11.5. The number of benzene rings is 1. The molecular weight excluding hydrogens is 448 g/mol. The van der Waals surface area contributed by atoms with Crippen molar-refractivity contribution in [1.82, 2.24) is 14.9 Å². The molecule has 0 bridgehead atoms. The summed E-state index contributed by atoms with van der Waals surface area (Å²) in [5, 5.41) is 1.63. The van der Waals surface area contributed by atoms with E-state index >= 15 is 0 Å². The Labute approximate surface area is 198 Å². The molecule has 2 heterocycles. The summed E-state index contributed by atoms with van der Waals surface area (Å²) in [6.07, 6.45) is 2.69. The van der Waals surface area contributed by atoms with E-state index in [1.807, 2.05) is 18.2 Å². The number of piperazine rings is 1. The molecule has 0 radical (unpaired) electrons. The number of halogens is 1. The number of aromatic nitrogens is 2. The van der Waals surface area contributed by atoms with E-state index in [9.17, 15) is 4.79 Å². The lowest BCUT2D eigenvalue weighted by atomic mass is 9.74. The Morgan fingerprint density at radius 2 is 1.58 bits per heavy atom. The minimum absolute atomic E-state index is 0.189. The Bertz CT molecular complexity index is 993. The standard InChI is InChI=1S/C21H29ClN4O.2CO2/c1-5-21(6-2,14-15(3)27)19-17-13-16(22)7-8-18(17)23-20(24-19)26-11-9-25(4)10-12-26;2*2-1-3/h7-8,13H,5-6,9-12,14H2,1-4H3;;. The SMILES string of the molecule is CCC(CC)(CC(C)=O)c1nc(N2CCN(C)CC2)nc2ccc(Cl)cc12.O=C=O.O=C=O. The van der Waals surface area contributed by atoms with Crippen molar-refractivity contribution in [3.8, 4) is 0 Å². The molecule has 9 nitrogen and oxygen atoms in total. The van der Waals surface area contributed by atoms with Crippen molar-refractivity contribution in [2.24, 2.45) is 0 Å². The molecule has 1 fully saturated rings. The molecule has 0 amide bonds. The van der Waals surface area contributed by atoms with Gasteiger partial charge in [0.15, 0.2) is 0 Å². The Hall–Kier alpha value is -2.96. The van der Waals surface area contributed by atoms with Gasteiger partial charge in [0.2, 0.25) is 5.95 Å².